The molecule has 1 rings (SSSR count). The zero-order valence-electron chi connectivity index (χ0n) is 10.3. The van der Waals surface area contributed by atoms with E-state index in [1.807, 2.05) is 0 Å². The SMILES string of the molecule is CC(C)(F)C(c1cc(F)cc(Br)c1)C(CO)CO. The summed E-state index contributed by atoms with van der Waals surface area (Å²) in [4.78, 5) is 0. The third kappa shape index (κ3) is 3.73. The second-order valence-corrected chi connectivity index (χ2v) is 5.79. The first-order chi connectivity index (χ1) is 8.29. The summed E-state index contributed by atoms with van der Waals surface area (Å²) in [6.07, 6.45) is 0. The van der Waals surface area contributed by atoms with E-state index in [9.17, 15) is 19.0 Å². The molecule has 2 nitrogen and oxygen atoms in total. The van der Waals surface area contributed by atoms with Gasteiger partial charge in [0, 0.05) is 29.5 Å². The van der Waals surface area contributed by atoms with Crippen LogP contribution in [0.1, 0.15) is 25.3 Å². The summed E-state index contributed by atoms with van der Waals surface area (Å²) >= 11 is 3.15. The van der Waals surface area contributed by atoms with Gasteiger partial charge in [-0.15, -0.1) is 0 Å². The molecule has 0 saturated carbocycles. The maximum absolute atomic E-state index is 14.3. The van der Waals surface area contributed by atoms with Gasteiger partial charge < -0.3 is 10.2 Å². The molecule has 1 aromatic carbocycles. The van der Waals surface area contributed by atoms with Gasteiger partial charge in [0.1, 0.15) is 11.5 Å². The summed E-state index contributed by atoms with van der Waals surface area (Å²) in [7, 11) is 0. The standard InChI is InChI=1S/C13H17BrF2O2/c1-13(2,16)12(9(6-17)7-18)8-3-10(14)5-11(15)4-8/h3-5,9,12,17-18H,6-7H2,1-2H3. The van der Waals surface area contributed by atoms with Crippen molar-refractivity contribution < 1.29 is 19.0 Å². The molecule has 0 radical (unpaired) electrons. The number of alkyl halides is 1. The van der Waals surface area contributed by atoms with Crippen LogP contribution in [0.25, 0.3) is 0 Å². The highest BCUT2D eigenvalue weighted by Crippen LogP contribution is 2.38. The fourth-order valence-corrected chi connectivity index (χ4v) is 2.74. The van der Waals surface area contributed by atoms with Crippen LogP contribution in [-0.2, 0) is 0 Å². The largest absolute Gasteiger partial charge is 0.396 e. The second kappa shape index (κ2) is 6.08. The van der Waals surface area contributed by atoms with E-state index in [-0.39, 0.29) is 13.2 Å². The van der Waals surface area contributed by atoms with E-state index in [2.05, 4.69) is 15.9 Å². The molecule has 1 aromatic rings. The van der Waals surface area contributed by atoms with Crippen LogP contribution >= 0.6 is 15.9 Å². The number of rotatable bonds is 5. The minimum atomic E-state index is -1.68. The smallest absolute Gasteiger partial charge is 0.124 e. The Hall–Kier alpha value is -0.520. The van der Waals surface area contributed by atoms with Crippen LogP contribution in [0.2, 0.25) is 0 Å². The van der Waals surface area contributed by atoms with Crippen molar-refractivity contribution >= 4 is 15.9 Å². The first kappa shape index (κ1) is 15.5. The zero-order chi connectivity index (χ0) is 13.9. The van der Waals surface area contributed by atoms with Gasteiger partial charge in [0.25, 0.3) is 0 Å². The highest BCUT2D eigenvalue weighted by Gasteiger charge is 2.37. The Morgan fingerprint density at radius 1 is 1.22 bits per heavy atom. The molecule has 0 bridgehead atoms. The van der Waals surface area contributed by atoms with Crippen LogP contribution in [0.15, 0.2) is 22.7 Å². The van der Waals surface area contributed by atoms with Gasteiger partial charge in [0.2, 0.25) is 0 Å². The Labute approximate surface area is 114 Å². The molecule has 18 heavy (non-hydrogen) atoms. The molecule has 0 spiro atoms. The molecule has 1 atom stereocenters. The third-order valence-corrected chi connectivity index (χ3v) is 3.38. The van der Waals surface area contributed by atoms with Crippen molar-refractivity contribution in [3.63, 3.8) is 0 Å². The quantitative estimate of drug-likeness (QED) is 0.874. The Kier molecular flexibility index (Phi) is 5.25. The Bertz CT molecular complexity index is 380. The minimum Gasteiger partial charge on any atom is -0.396 e. The third-order valence-electron chi connectivity index (χ3n) is 2.92. The van der Waals surface area contributed by atoms with Crippen LogP contribution in [0, 0.1) is 11.7 Å². The monoisotopic (exact) mass is 322 g/mol. The van der Waals surface area contributed by atoms with E-state index in [1.165, 1.54) is 26.0 Å². The molecule has 2 N–H and O–H groups in total. The maximum atomic E-state index is 14.3. The molecule has 102 valence electrons. The lowest BCUT2D eigenvalue weighted by molar-refractivity contribution is 0.0606. The molecule has 0 aliphatic rings. The van der Waals surface area contributed by atoms with Crippen molar-refractivity contribution in [1.29, 1.82) is 0 Å². The van der Waals surface area contributed by atoms with Crippen molar-refractivity contribution in [1.82, 2.24) is 0 Å². The highest BCUT2D eigenvalue weighted by molar-refractivity contribution is 9.10. The summed E-state index contributed by atoms with van der Waals surface area (Å²) in [5.74, 6) is -1.93. The van der Waals surface area contributed by atoms with Gasteiger partial charge in [-0.3, -0.25) is 0 Å². The first-order valence-electron chi connectivity index (χ1n) is 5.66. The summed E-state index contributed by atoms with van der Waals surface area (Å²) in [6, 6.07) is 4.11. The number of hydrogen-bond acceptors (Lipinski definition) is 2. The van der Waals surface area contributed by atoms with Gasteiger partial charge >= 0.3 is 0 Å². The van der Waals surface area contributed by atoms with Gasteiger partial charge in [0.05, 0.1) is 0 Å². The van der Waals surface area contributed by atoms with Gasteiger partial charge in [-0.1, -0.05) is 15.9 Å². The summed E-state index contributed by atoms with van der Waals surface area (Å²) in [5.41, 5.74) is -1.26. The van der Waals surface area contributed by atoms with E-state index >= 15 is 0 Å². The lowest BCUT2D eigenvalue weighted by Crippen LogP contribution is -2.34. The van der Waals surface area contributed by atoms with Gasteiger partial charge in [-0.05, 0) is 37.6 Å². The van der Waals surface area contributed by atoms with E-state index in [4.69, 9.17) is 0 Å². The molecule has 0 saturated heterocycles. The topological polar surface area (TPSA) is 40.5 Å². The van der Waals surface area contributed by atoms with Crippen molar-refractivity contribution in [2.45, 2.75) is 25.4 Å². The first-order valence-corrected chi connectivity index (χ1v) is 6.45. The summed E-state index contributed by atoms with van der Waals surface area (Å²) in [5, 5.41) is 18.5. The molecule has 0 aliphatic carbocycles. The van der Waals surface area contributed by atoms with Gasteiger partial charge in [-0.25, -0.2) is 8.78 Å². The number of halogens is 3. The average Bonchev–Trinajstić information content (AvgIpc) is 2.22. The Morgan fingerprint density at radius 2 is 1.78 bits per heavy atom. The minimum absolute atomic E-state index is 0.358. The van der Waals surface area contributed by atoms with Crippen LogP contribution in [0.3, 0.4) is 0 Å². The fourth-order valence-electron chi connectivity index (χ4n) is 2.25. The van der Waals surface area contributed by atoms with Crippen LogP contribution in [0.4, 0.5) is 8.78 Å². The lowest BCUT2D eigenvalue weighted by Gasteiger charge is -2.33. The normalized spacial score (nSPS) is 14.0. The van der Waals surface area contributed by atoms with Crippen LogP contribution < -0.4 is 0 Å². The summed E-state index contributed by atoms with van der Waals surface area (Å²) < 4.78 is 28.1. The van der Waals surface area contributed by atoms with E-state index < -0.39 is 23.3 Å². The number of aliphatic hydroxyl groups excluding tert-OH is 2. The highest BCUT2D eigenvalue weighted by atomic mass is 79.9. The zero-order valence-corrected chi connectivity index (χ0v) is 11.9. The van der Waals surface area contributed by atoms with Crippen LogP contribution in [-0.4, -0.2) is 29.1 Å². The number of hydrogen-bond donors (Lipinski definition) is 2. The Balaban J connectivity index is 3.25. The van der Waals surface area contributed by atoms with Crippen molar-refractivity contribution in [3.8, 4) is 0 Å². The predicted molar refractivity (Wildman–Crippen MR) is 69.7 cm³/mol. The fraction of sp³-hybridized carbons (Fsp3) is 0.538. The van der Waals surface area contributed by atoms with E-state index in [0.717, 1.165) is 0 Å². The molecular formula is C13H17BrF2O2. The molecule has 0 fully saturated rings. The molecule has 1 unspecified atom stereocenters. The molecule has 0 aliphatic heterocycles. The summed E-state index contributed by atoms with van der Waals surface area (Å²) in [6.45, 7) is 1.99. The average molecular weight is 323 g/mol. The molecule has 5 heteroatoms. The van der Waals surface area contributed by atoms with Crippen molar-refractivity contribution in [2.24, 2.45) is 5.92 Å². The maximum Gasteiger partial charge on any atom is 0.124 e. The van der Waals surface area contributed by atoms with Gasteiger partial charge in [0.15, 0.2) is 0 Å². The van der Waals surface area contributed by atoms with E-state index in [1.54, 1.807) is 6.07 Å². The van der Waals surface area contributed by atoms with Crippen molar-refractivity contribution in [2.75, 3.05) is 13.2 Å². The van der Waals surface area contributed by atoms with Gasteiger partial charge in [-0.2, -0.15) is 0 Å². The predicted octanol–water partition coefficient (Wildman–Crippen LogP) is 3.02. The molecule has 0 heterocycles. The number of aliphatic hydroxyl groups is 2. The lowest BCUT2D eigenvalue weighted by atomic mass is 9.77. The van der Waals surface area contributed by atoms with E-state index in [0.29, 0.717) is 10.0 Å². The molecule has 0 amide bonds. The molecule has 0 aromatic heterocycles. The second-order valence-electron chi connectivity index (χ2n) is 4.87. The Morgan fingerprint density at radius 3 is 2.17 bits per heavy atom. The van der Waals surface area contributed by atoms with Crippen molar-refractivity contribution in [3.05, 3.63) is 34.1 Å². The van der Waals surface area contributed by atoms with Crippen LogP contribution in [0.5, 0.6) is 0 Å². The number of benzene rings is 1. The molecular weight excluding hydrogens is 306 g/mol.